The van der Waals surface area contributed by atoms with Crippen molar-refractivity contribution in [2.75, 3.05) is 12.8 Å². The van der Waals surface area contributed by atoms with Crippen molar-refractivity contribution >= 4 is 17.7 Å². The molecule has 0 bridgehead atoms. The third kappa shape index (κ3) is 3.40. The summed E-state index contributed by atoms with van der Waals surface area (Å²) in [6.45, 7) is 0. The average Bonchev–Trinajstić information content (AvgIpc) is 2.20. The van der Waals surface area contributed by atoms with Crippen LogP contribution in [0, 0.1) is 0 Å². The van der Waals surface area contributed by atoms with Crippen LogP contribution >= 0.6 is 11.8 Å². The number of benzene rings is 1. The van der Waals surface area contributed by atoms with Gasteiger partial charge in [0.05, 0.1) is 0 Å². The van der Waals surface area contributed by atoms with Gasteiger partial charge in [0.25, 0.3) is 0 Å². The molecule has 0 aliphatic heterocycles. The van der Waals surface area contributed by atoms with E-state index >= 15 is 0 Å². The summed E-state index contributed by atoms with van der Waals surface area (Å²) in [4.78, 5) is 11.8. The molecule has 0 aliphatic carbocycles. The Labute approximate surface area is 87.5 Å². The molecule has 14 heavy (non-hydrogen) atoms. The monoisotopic (exact) mass is 211 g/mol. The molecule has 0 saturated heterocycles. The number of thioether (sulfide) groups is 1. The lowest BCUT2D eigenvalue weighted by Crippen LogP contribution is -2.35. The van der Waals surface area contributed by atoms with E-state index in [2.05, 4.69) is 5.32 Å². The Balaban J connectivity index is 2.44. The van der Waals surface area contributed by atoms with Crippen LogP contribution in [0.15, 0.2) is 35.2 Å². The van der Waals surface area contributed by atoms with Crippen molar-refractivity contribution in [1.29, 1.82) is 0 Å². The summed E-state index contributed by atoms with van der Waals surface area (Å²) in [7, 11) is 1.66. The van der Waals surface area contributed by atoms with Crippen LogP contribution < -0.4 is 5.32 Å². The maximum atomic E-state index is 10.7. The summed E-state index contributed by atoms with van der Waals surface area (Å²) in [5.41, 5.74) is 0. The second-order valence-corrected chi connectivity index (χ2v) is 3.90. The zero-order valence-electron chi connectivity index (χ0n) is 7.93. The largest absolute Gasteiger partial charge is 0.480 e. The van der Waals surface area contributed by atoms with E-state index in [1.165, 1.54) is 11.8 Å². The molecule has 0 heterocycles. The Hall–Kier alpha value is -1.00. The quantitative estimate of drug-likeness (QED) is 0.724. The minimum Gasteiger partial charge on any atom is -0.480 e. The van der Waals surface area contributed by atoms with Crippen LogP contribution in [0.4, 0.5) is 0 Å². The van der Waals surface area contributed by atoms with Crippen LogP contribution in [0.3, 0.4) is 0 Å². The summed E-state index contributed by atoms with van der Waals surface area (Å²) in [5.74, 6) is -0.272. The highest BCUT2D eigenvalue weighted by Gasteiger charge is 2.14. The van der Waals surface area contributed by atoms with Crippen molar-refractivity contribution in [1.82, 2.24) is 5.32 Å². The number of carboxylic acids is 1. The lowest BCUT2D eigenvalue weighted by molar-refractivity contribution is -0.138. The molecular formula is C10H13NO2S. The zero-order chi connectivity index (χ0) is 10.4. The minimum absolute atomic E-state index is 0.486. The van der Waals surface area contributed by atoms with Gasteiger partial charge >= 0.3 is 5.97 Å². The van der Waals surface area contributed by atoms with E-state index in [4.69, 9.17) is 5.11 Å². The number of hydrogen-bond donors (Lipinski definition) is 2. The Bertz CT molecular complexity index is 289. The molecule has 76 valence electrons. The summed E-state index contributed by atoms with van der Waals surface area (Å²) < 4.78 is 0. The first kappa shape index (κ1) is 11.1. The van der Waals surface area contributed by atoms with Gasteiger partial charge in [-0.25, -0.2) is 0 Å². The highest BCUT2D eigenvalue weighted by molar-refractivity contribution is 7.99. The first-order valence-electron chi connectivity index (χ1n) is 4.32. The van der Waals surface area contributed by atoms with E-state index in [-0.39, 0.29) is 0 Å². The fourth-order valence-corrected chi connectivity index (χ4v) is 1.99. The van der Waals surface area contributed by atoms with E-state index in [0.29, 0.717) is 5.75 Å². The summed E-state index contributed by atoms with van der Waals surface area (Å²) >= 11 is 1.54. The normalized spacial score (nSPS) is 12.4. The smallest absolute Gasteiger partial charge is 0.321 e. The number of nitrogens with one attached hydrogen (secondary N) is 1. The van der Waals surface area contributed by atoms with Gasteiger partial charge in [-0.1, -0.05) is 18.2 Å². The van der Waals surface area contributed by atoms with Crippen LogP contribution in [-0.2, 0) is 4.79 Å². The number of aliphatic carboxylic acids is 1. The van der Waals surface area contributed by atoms with Crippen LogP contribution in [0.1, 0.15) is 0 Å². The molecule has 0 fully saturated rings. The lowest BCUT2D eigenvalue weighted by Gasteiger charge is -2.09. The Morgan fingerprint density at radius 3 is 2.64 bits per heavy atom. The van der Waals surface area contributed by atoms with Crippen molar-refractivity contribution in [3.05, 3.63) is 30.3 Å². The maximum absolute atomic E-state index is 10.7. The number of rotatable bonds is 5. The second kappa shape index (κ2) is 5.67. The molecule has 1 aromatic rings. The third-order valence-electron chi connectivity index (χ3n) is 1.81. The Kier molecular flexibility index (Phi) is 4.49. The van der Waals surface area contributed by atoms with E-state index in [0.717, 1.165) is 4.90 Å². The summed E-state index contributed by atoms with van der Waals surface area (Å²) in [6.07, 6.45) is 0. The van der Waals surface area contributed by atoms with Gasteiger partial charge in [-0.3, -0.25) is 4.79 Å². The molecule has 0 radical (unpaired) electrons. The molecule has 4 heteroatoms. The van der Waals surface area contributed by atoms with Crippen LogP contribution in [0.25, 0.3) is 0 Å². The van der Waals surface area contributed by atoms with Crippen molar-refractivity contribution in [2.45, 2.75) is 10.9 Å². The molecule has 1 aromatic carbocycles. The molecular weight excluding hydrogens is 198 g/mol. The maximum Gasteiger partial charge on any atom is 0.321 e. The first-order chi connectivity index (χ1) is 6.74. The van der Waals surface area contributed by atoms with Gasteiger partial charge in [0, 0.05) is 10.6 Å². The van der Waals surface area contributed by atoms with Crippen molar-refractivity contribution in [2.24, 2.45) is 0 Å². The zero-order valence-corrected chi connectivity index (χ0v) is 8.75. The molecule has 2 N–H and O–H groups in total. The fourth-order valence-electron chi connectivity index (χ4n) is 0.974. The number of likely N-dealkylation sites (N-methyl/N-ethyl adjacent to an activating group) is 1. The van der Waals surface area contributed by atoms with Crippen molar-refractivity contribution in [3.8, 4) is 0 Å². The van der Waals surface area contributed by atoms with Gasteiger partial charge in [0.1, 0.15) is 6.04 Å². The lowest BCUT2D eigenvalue weighted by atomic mass is 10.3. The predicted molar refractivity (Wildman–Crippen MR) is 57.6 cm³/mol. The fraction of sp³-hybridized carbons (Fsp3) is 0.300. The van der Waals surface area contributed by atoms with Crippen LogP contribution in [0.5, 0.6) is 0 Å². The SMILES string of the molecule is CN[C@@H](CSc1ccccc1)C(=O)O. The molecule has 1 atom stereocenters. The highest BCUT2D eigenvalue weighted by Crippen LogP contribution is 2.17. The van der Waals surface area contributed by atoms with Gasteiger partial charge in [-0.05, 0) is 19.2 Å². The minimum atomic E-state index is -0.809. The molecule has 0 spiro atoms. The first-order valence-corrected chi connectivity index (χ1v) is 5.30. The van der Waals surface area contributed by atoms with E-state index in [9.17, 15) is 4.79 Å². The average molecular weight is 211 g/mol. The van der Waals surface area contributed by atoms with Crippen LogP contribution in [-0.4, -0.2) is 29.9 Å². The Morgan fingerprint density at radius 2 is 2.14 bits per heavy atom. The molecule has 1 rings (SSSR count). The van der Waals surface area contributed by atoms with E-state index in [1.54, 1.807) is 7.05 Å². The molecule has 0 amide bonds. The highest BCUT2D eigenvalue weighted by atomic mass is 32.2. The Morgan fingerprint density at radius 1 is 1.50 bits per heavy atom. The van der Waals surface area contributed by atoms with Crippen LogP contribution in [0.2, 0.25) is 0 Å². The van der Waals surface area contributed by atoms with E-state index < -0.39 is 12.0 Å². The molecule has 3 nitrogen and oxygen atoms in total. The summed E-state index contributed by atoms with van der Waals surface area (Å²) in [6, 6.07) is 9.28. The predicted octanol–water partition coefficient (Wildman–Crippen LogP) is 1.45. The van der Waals surface area contributed by atoms with Gasteiger partial charge in [0.15, 0.2) is 0 Å². The van der Waals surface area contributed by atoms with Gasteiger partial charge < -0.3 is 10.4 Å². The molecule has 0 aromatic heterocycles. The van der Waals surface area contributed by atoms with Gasteiger partial charge in [-0.2, -0.15) is 0 Å². The van der Waals surface area contributed by atoms with Gasteiger partial charge in [0.2, 0.25) is 0 Å². The molecule has 0 saturated carbocycles. The standard InChI is InChI=1S/C10H13NO2S/c1-11-9(10(12)13)7-14-8-5-3-2-4-6-8/h2-6,9,11H,7H2,1H3,(H,12,13)/t9-/m0/s1. The number of hydrogen-bond acceptors (Lipinski definition) is 3. The number of carboxylic acid groups (broad SMARTS) is 1. The summed E-state index contributed by atoms with van der Waals surface area (Å²) in [5, 5.41) is 11.5. The van der Waals surface area contributed by atoms with Crippen molar-refractivity contribution in [3.63, 3.8) is 0 Å². The van der Waals surface area contributed by atoms with E-state index in [1.807, 2.05) is 30.3 Å². The molecule has 0 unspecified atom stereocenters. The van der Waals surface area contributed by atoms with Crippen molar-refractivity contribution < 1.29 is 9.90 Å². The topological polar surface area (TPSA) is 49.3 Å². The second-order valence-electron chi connectivity index (χ2n) is 2.80. The van der Waals surface area contributed by atoms with Gasteiger partial charge in [-0.15, -0.1) is 11.8 Å². The third-order valence-corrected chi connectivity index (χ3v) is 2.91. The molecule has 0 aliphatic rings. The number of carbonyl (C=O) groups is 1.